The van der Waals surface area contributed by atoms with Gasteiger partial charge in [-0.25, -0.2) is 4.98 Å². The third-order valence-electron chi connectivity index (χ3n) is 7.15. The van der Waals surface area contributed by atoms with Gasteiger partial charge in [0.1, 0.15) is 10.4 Å². The van der Waals surface area contributed by atoms with E-state index in [1.165, 1.54) is 17.8 Å². The summed E-state index contributed by atoms with van der Waals surface area (Å²) in [5, 5.41) is 4.31. The van der Waals surface area contributed by atoms with E-state index < -0.39 is 0 Å². The summed E-state index contributed by atoms with van der Waals surface area (Å²) >= 11 is 3.07. The number of nitrogens with zero attached hydrogens (tertiary/aromatic N) is 5. The Balaban J connectivity index is 1.35. The molecule has 5 heterocycles. The standard InChI is InChI=1S/C28H28N6O2S2/c1-33-15-4-5-19(33)10-12-31-27(36)24-25(35)20-8-9-23(37-16-11-18-17-29-13-14-30-18)32-26(20)34-21-6-2-3-7-22(21)38-28(24)34/h2-3,6-9,13-14,17,19H,4-5,10-12,15-16H2,1H3,(H,31,36). The first-order valence-electron chi connectivity index (χ1n) is 12.8. The Morgan fingerprint density at radius 3 is 2.92 bits per heavy atom. The number of thiazole rings is 1. The second-order valence-corrected chi connectivity index (χ2v) is 11.7. The molecule has 1 aliphatic rings. The SMILES string of the molecule is CN1CCCC1CCNC(=O)c1c(=O)c2ccc(SCCc3cnccn3)nc2n2c1sc1ccccc12. The van der Waals surface area contributed by atoms with Crippen molar-refractivity contribution in [2.45, 2.75) is 36.8 Å². The molecule has 38 heavy (non-hydrogen) atoms. The fourth-order valence-electron chi connectivity index (χ4n) is 5.16. The molecular formula is C28H28N6O2S2. The number of rotatable bonds is 8. The number of para-hydroxylation sites is 1. The van der Waals surface area contributed by atoms with Crippen LogP contribution in [0.2, 0.25) is 0 Å². The summed E-state index contributed by atoms with van der Waals surface area (Å²) in [7, 11) is 2.13. The van der Waals surface area contributed by atoms with Crippen molar-refractivity contribution in [3.8, 4) is 0 Å². The number of fused-ring (bicyclic) bond motifs is 5. The van der Waals surface area contributed by atoms with Crippen LogP contribution in [0.4, 0.5) is 0 Å². The van der Waals surface area contributed by atoms with E-state index in [0.717, 1.165) is 52.5 Å². The average molecular weight is 545 g/mol. The highest BCUT2D eigenvalue weighted by atomic mass is 32.2. The van der Waals surface area contributed by atoms with Gasteiger partial charge in [-0.2, -0.15) is 0 Å². The predicted octanol–water partition coefficient (Wildman–Crippen LogP) is 4.40. The van der Waals surface area contributed by atoms with Gasteiger partial charge < -0.3 is 10.2 Å². The molecule has 0 aliphatic carbocycles. The van der Waals surface area contributed by atoms with Crippen molar-refractivity contribution in [2.75, 3.05) is 25.9 Å². The van der Waals surface area contributed by atoms with Crippen molar-refractivity contribution in [3.63, 3.8) is 0 Å². The Kier molecular flexibility index (Phi) is 7.10. The molecule has 5 aromatic rings. The predicted molar refractivity (Wildman–Crippen MR) is 153 cm³/mol. The number of nitrogens with one attached hydrogen (secondary N) is 1. The summed E-state index contributed by atoms with van der Waals surface area (Å²) in [6.07, 6.45) is 9.12. The van der Waals surface area contributed by atoms with E-state index in [-0.39, 0.29) is 16.9 Å². The topological polar surface area (TPSA) is 92.5 Å². The van der Waals surface area contributed by atoms with Crippen LogP contribution >= 0.6 is 23.1 Å². The van der Waals surface area contributed by atoms with Gasteiger partial charge in [-0.05, 0) is 57.1 Å². The number of carbonyl (C=O) groups excluding carboxylic acids is 1. The molecule has 1 amide bonds. The van der Waals surface area contributed by atoms with Crippen molar-refractivity contribution in [1.29, 1.82) is 0 Å². The summed E-state index contributed by atoms with van der Waals surface area (Å²) in [6, 6.07) is 12.1. The van der Waals surface area contributed by atoms with E-state index in [0.29, 0.717) is 28.5 Å². The second kappa shape index (κ2) is 10.8. The largest absolute Gasteiger partial charge is 0.352 e. The molecule has 0 radical (unpaired) electrons. The highest BCUT2D eigenvalue weighted by Gasteiger charge is 2.24. The fourth-order valence-corrected chi connectivity index (χ4v) is 7.17. The molecule has 0 bridgehead atoms. The van der Waals surface area contributed by atoms with Gasteiger partial charge in [0.2, 0.25) is 5.43 Å². The Morgan fingerprint density at radius 2 is 2.11 bits per heavy atom. The first-order chi connectivity index (χ1) is 18.6. The monoisotopic (exact) mass is 544 g/mol. The van der Waals surface area contributed by atoms with Crippen molar-refractivity contribution in [3.05, 3.63) is 76.5 Å². The number of likely N-dealkylation sites (tertiary alicyclic amines) is 1. The average Bonchev–Trinajstić information content (AvgIpc) is 3.52. The van der Waals surface area contributed by atoms with Crippen LogP contribution in [0.15, 0.2) is 64.8 Å². The molecule has 1 fully saturated rings. The Morgan fingerprint density at radius 1 is 1.21 bits per heavy atom. The highest BCUT2D eigenvalue weighted by Crippen LogP contribution is 2.31. The summed E-state index contributed by atoms with van der Waals surface area (Å²) in [4.78, 5) is 43.5. The van der Waals surface area contributed by atoms with Crippen LogP contribution in [0, 0.1) is 0 Å². The van der Waals surface area contributed by atoms with E-state index in [2.05, 4.69) is 27.2 Å². The van der Waals surface area contributed by atoms with Gasteiger partial charge in [0, 0.05) is 43.4 Å². The maximum absolute atomic E-state index is 13.7. The molecule has 1 N–H and O–H groups in total. The van der Waals surface area contributed by atoms with Gasteiger partial charge in [-0.3, -0.25) is 24.0 Å². The van der Waals surface area contributed by atoms with E-state index in [1.807, 2.05) is 34.7 Å². The molecule has 0 saturated carbocycles. The number of benzene rings is 1. The molecular weight excluding hydrogens is 516 g/mol. The molecule has 8 nitrogen and oxygen atoms in total. The lowest BCUT2D eigenvalue weighted by atomic mass is 10.1. The van der Waals surface area contributed by atoms with Gasteiger partial charge in [0.25, 0.3) is 5.91 Å². The first-order valence-corrected chi connectivity index (χ1v) is 14.6. The summed E-state index contributed by atoms with van der Waals surface area (Å²) in [5.74, 6) is 0.472. The van der Waals surface area contributed by atoms with Crippen LogP contribution in [-0.2, 0) is 6.42 Å². The maximum atomic E-state index is 13.7. The second-order valence-electron chi connectivity index (χ2n) is 9.55. The fraction of sp³-hybridized carbons (Fsp3) is 0.321. The van der Waals surface area contributed by atoms with Crippen molar-refractivity contribution in [2.24, 2.45) is 0 Å². The van der Waals surface area contributed by atoms with Gasteiger partial charge >= 0.3 is 0 Å². The normalized spacial score (nSPS) is 16.1. The molecule has 1 unspecified atom stereocenters. The minimum Gasteiger partial charge on any atom is -0.352 e. The number of carbonyl (C=O) groups is 1. The zero-order valence-corrected chi connectivity index (χ0v) is 22.7. The lowest BCUT2D eigenvalue weighted by Crippen LogP contribution is -2.34. The molecule has 10 heteroatoms. The van der Waals surface area contributed by atoms with E-state index in [1.54, 1.807) is 36.4 Å². The van der Waals surface area contributed by atoms with Crippen LogP contribution in [0.25, 0.3) is 26.1 Å². The van der Waals surface area contributed by atoms with Gasteiger partial charge in [-0.1, -0.05) is 12.1 Å². The minimum absolute atomic E-state index is 0.198. The molecule has 194 valence electrons. The Bertz CT molecular complexity index is 1680. The van der Waals surface area contributed by atoms with Crippen LogP contribution in [0.3, 0.4) is 0 Å². The van der Waals surface area contributed by atoms with Crippen molar-refractivity contribution in [1.82, 2.24) is 29.6 Å². The van der Waals surface area contributed by atoms with Crippen LogP contribution in [-0.4, -0.2) is 62.1 Å². The first kappa shape index (κ1) is 25.0. The third-order valence-corrected chi connectivity index (χ3v) is 9.23. The number of aromatic nitrogens is 4. The molecule has 1 atom stereocenters. The van der Waals surface area contributed by atoms with E-state index in [9.17, 15) is 9.59 Å². The minimum atomic E-state index is -0.316. The quantitative estimate of drug-likeness (QED) is 0.290. The van der Waals surface area contributed by atoms with Gasteiger partial charge in [0.05, 0.1) is 26.3 Å². The van der Waals surface area contributed by atoms with Crippen LogP contribution in [0.5, 0.6) is 0 Å². The van der Waals surface area contributed by atoms with E-state index in [4.69, 9.17) is 4.98 Å². The van der Waals surface area contributed by atoms with Gasteiger partial charge in [-0.15, -0.1) is 23.1 Å². The highest BCUT2D eigenvalue weighted by molar-refractivity contribution is 7.99. The Hall–Kier alpha value is -3.34. The maximum Gasteiger partial charge on any atom is 0.258 e. The van der Waals surface area contributed by atoms with E-state index >= 15 is 0 Å². The number of pyridine rings is 2. The smallest absolute Gasteiger partial charge is 0.258 e. The van der Waals surface area contributed by atoms with Gasteiger partial charge in [0.15, 0.2) is 5.65 Å². The molecule has 4 aromatic heterocycles. The lowest BCUT2D eigenvalue weighted by molar-refractivity contribution is 0.0951. The zero-order chi connectivity index (χ0) is 26.1. The number of hydrogen-bond acceptors (Lipinski definition) is 8. The lowest BCUT2D eigenvalue weighted by Gasteiger charge is -2.19. The molecule has 6 rings (SSSR count). The van der Waals surface area contributed by atoms with Crippen LogP contribution < -0.4 is 10.7 Å². The van der Waals surface area contributed by atoms with Crippen molar-refractivity contribution >= 4 is 55.1 Å². The van der Waals surface area contributed by atoms with Crippen molar-refractivity contribution < 1.29 is 4.79 Å². The molecule has 0 spiro atoms. The summed E-state index contributed by atoms with van der Waals surface area (Å²) < 4.78 is 2.98. The number of aryl methyl sites for hydroxylation is 1. The molecule has 1 aliphatic heterocycles. The summed E-state index contributed by atoms with van der Waals surface area (Å²) in [5.41, 5.74) is 2.37. The van der Waals surface area contributed by atoms with Crippen LogP contribution in [0.1, 0.15) is 35.3 Å². The third kappa shape index (κ3) is 4.79. The summed E-state index contributed by atoms with van der Waals surface area (Å²) in [6.45, 7) is 1.64. The number of hydrogen-bond donors (Lipinski definition) is 1. The molecule has 1 aromatic carbocycles. The number of thioether (sulfide) groups is 1. The molecule has 1 saturated heterocycles. The zero-order valence-electron chi connectivity index (χ0n) is 21.1. The number of amides is 1. The Labute approximate surface area is 228 Å².